The van der Waals surface area contributed by atoms with E-state index in [0.717, 1.165) is 53.1 Å². The van der Waals surface area contributed by atoms with E-state index >= 15 is 0 Å². The molecule has 4 fully saturated rings. The van der Waals surface area contributed by atoms with Crippen LogP contribution in [-0.4, -0.2) is 10.5 Å². The summed E-state index contributed by atoms with van der Waals surface area (Å²) in [7, 11) is 0. The lowest BCUT2D eigenvalue weighted by atomic mass is 9.49. The fourth-order valence-electron chi connectivity index (χ4n) is 6.29. The third-order valence-corrected chi connectivity index (χ3v) is 8.09. The van der Waals surface area contributed by atoms with Gasteiger partial charge in [0.2, 0.25) is 10.7 Å². The SMILES string of the molecule is Br.C=CCn1c(-c2ccc(C)cc2)cs/c1=N\NC(=O)C12CC3CC(CC(C3)C1)C2. The molecule has 0 atom stereocenters. The maximum Gasteiger partial charge on any atom is 0.246 e. The number of carbonyl (C=O) groups is 1. The van der Waals surface area contributed by atoms with Crippen molar-refractivity contribution in [1.82, 2.24) is 9.99 Å². The number of carbonyl (C=O) groups excluding carboxylic acids is 1. The number of hydrogen-bond acceptors (Lipinski definition) is 3. The van der Waals surface area contributed by atoms with Crippen molar-refractivity contribution in [2.75, 3.05) is 0 Å². The number of amides is 1. The molecular weight excluding hydrogens is 458 g/mol. The Labute approximate surface area is 192 Å². The molecule has 0 unspecified atom stereocenters. The monoisotopic (exact) mass is 487 g/mol. The maximum absolute atomic E-state index is 13.2. The number of hydrogen-bond donors (Lipinski definition) is 1. The number of thiazole rings is 1. The molecule has 4 aliphatic carbocycles. The highest BCUT2D eigenvalue weighted by molar-refractivity contribution is 8.93. The van der Waals surface area contributed by atoms with Gasteiger partial charge in [0, 0.05) is 11.9 Å². The molecule has 0 spiro atoms. The van der Waals surface area contributed by atoms with Crippen LogP contribution in [0.25, 0.3) is 11.3 Å². The standard InChI is InChI=1S/C24H29N3OS.BrH/c1-3-8-27-21(20-6-4-16(2)5-7-20)15-29-23(27)26-25-22(28)24-12-17-9-18(13-24)11-19(10-17)14-24;/h3-7,15,17-19H,1,8-14H2,2H3,(H,25,28);1H/b26-23-;. The van der Waals surface area contributed by atoms with E-state index in [4.69, 9.17) is 0 Å². The van der Waals surface area contributed by atoms with Crippen molar-refractivity contribution in [2.45, 2.75) is 52.0 Å². The fourth-order valence-corrected chi connectivity index (χ4v) is 7.16. The molecule has 0 radical (unpaired) electrons. The number of benzene rings is 1. The van der Waals surface area contributed by atoms with Gasteiger partial charge in [-0.25, -0.2) is 5.43 Å². The average molecular weight is 488 g/mol. The lowest BCUT2D eigenvalue weighted by Crippen LogP contribution is -2.53. The van der Waals surface area contributed by atoms with Gasteiger partial charge < -0.3 is 4.57 Å². The van der Waals surface area contributed by atoms with Crippen LogP contribution >= 0.6 is 28.3 Å². The van der Waals surface area contributed by atoms with Gasteiger partial charge in [-0.05, 0) is 68.8 Å². The quantitative estimate of drug-likeness (QED) is 0.442. The van der Waals surface area contributed by atoms with Gasteiger partial charge in [-0.15, -0.1) is 40.0 Å². The van der Waals surface area contributed by atoms with E-state index in [9.17, 15) is 4.79 Å². The van der Waals surface area contributed by atoms with Gasteiger partial charge >= 0.3 is 0 Å². The van der Waals surface area contributed by atoms with Crippen LogP contribution < -0.4 is 10.2 Å². The molecule has 4 aliphatic rings. The van der Waals surface area contributed by atoms with Gasteiger partial charge in [0.05, 0.1) is 11.1 Å². The lowest BCUT2D eigenvalue weighted by Gasteiger charge is -2.55. The average Bonchev–Trinajstić information content (AvgIpc) is 3.08. The normalized spacial score (nSPS) is 29.5. The van der Waals surface area contributed by atoms with E-state index in [1.807, 2.05) is 6.08 Å². The Kier molecular flexibility index (Phi) is 6.08. The van der Waals surface area contributed by atoms with Crippen LogP contribution in [0.5, 0.6) is 0 Å². The Morgan fingerprint density at radius 3 is 2.37 bits per heavy atom. The van der Waals surface area contributed by atoms with Crippen LogP contribution in [0.3, 0.4) is 0 Å². The third-order valence-electron chi connectivity index (χ3n) is 7.23. The van der Waals surface area contributed by atoms with E-state index in [2.05, 4.69) is 58.2 Å². The first-order chi connectivity index (χ1) is 14.1. The minimum Gasteiger partial charge on any atom is -0.311 e. The Balaban J connectivity index is 0.00000218. The minimum absolute atomic E-state index is 0. The number of nitrogens with zero attached hydrogens (tertiary/aromatic N) is 2. The van der Waals surface area contributed by atoms with Crippen molar-refractivity contribution in [3.05, 3.63) is 52.7 Å². The first-order valence-corrected chi connectivity index (χ1v) is 11.6. The number of halogens is 1. The van der Waals surface area contributed by atoms with Gasteiger partial charge in [0.1, 0.15) is 0 Å². The molecule has 1 amide bonds. The Morgan fingerprint density at radius 2 is 1.80 bits per heavy atom. The summed E-state index contributed by atoms with van der Waals surface area (Å²) in [4.78, 5) is 14.0. The first kappa shape index (κ1) is 21.6. The molecule has 4 nitrogen and oxygen atoms in total. The van der Waals surface area contributed by atoms with E-state index in [0.29, 0.717) is 6.54 Å². The zero-order valence-electron chi connectivity index (χ0n) is 17.5. The van der Waals surface area contributed by atoms with Gasteiger partial charge in [0.25, 0.3) is 0 Å². The second-order valence-electron chi connectivity index (χ2n) is 9.42. The van der Waals surface area contributed by atoms with Crippen molar-refractivity contribution in [3.63, 3.8) is 0 Å². The largest absolute Gasteiger partial charge is 0.311 e. The number of nitrogens with one attached hydrogen (secondary N) is 1. The van der Waals surface area contributed by atoms with E-state index in [1.54, 1.807) is 11.3 Å². The van der Waals surface area contributed by atoms with Crippen molar-refractivity contribution in [3.8, 4) is 11.3 Å². The highest BCUT2D eigenvalue weighted by Crippen LogP contribution is 2.60. The minimum atomic E-state index is -0.168. The van der Waals surface area contributed by atoms with Gasteiger partial charge in [-0.2, -0.15) is 0 Å². The third kappa shape index (κ3) is 3.84. The molecule has 6 heteroatoms. The number of rotatable bonds is 5. The molecule has 4 saturated carbocycles. The molecule has 1 aromatic heterocycles. The molecule has 4 bridgehead atoms. The highest BCUT2D eigenvalue weighted by atomic mass is 79.9. The number of aromatic nitrogens is 1. The summed E-state index contributed by atoms with van der Waals surface area (Å²) in [5.74, 6) is 2.42. The smallest absolute Gasteiger partial charge is 0.246 e. The van der Waals surface area contributed by atoms with Gasteiger partial charge in [-0.1, -0.05) is 35.9 Å². The number of allylic oxidation sites excluding steroid dienone is 1. The van der Waals surface area contributed by atoms with Crippen molar-refractivity contribution in [1.29, 1.82) is 0 Å². The second kappa shape index (κ2) is 8.46. The zero-order valence-corrected chi connectivity index (χ0v) is 20.0. The van der Waals surface area contributed by atoms with Crippen molar-refractivity contribution >= 4 is 34.2 Å². The topological polar surface area (TPSA) is 46.4 Å². The summed E-state index contributed by atoms with van der Waals surface area (Å²) in [6, 6.07) is 8.51. The molecule has 1 heterocycles. The van der Waals surface area contributed by atoms with Gasteiger partial charge in [0.15, 0.2) is 0 Å². The summed E-state index contributed by atoms with van der Waals surface area (Å²) in [6.07, 6.45) is 9.09. The second-order valence-corrected chi connectivity index (χ2v) is 10.3. The van der Waals surface area contributed by atoms with E-state index in [1.165, 1.54) is 24.8 Å². The maximum atomic E-state index is 13.2. The summed E-state index contributed by atoms with van der Waals surface area (Å²) in [5, 5.41) is 6.69. The molecular formula is C24H30BrN3OS. The molecule has 0 aliphatic heterocycles. The molecule has 0 saturated heterocycles. The van der Waals surface area contributed by atoms with Crippen LogP contribution in [0, 0.1) is 30.1 Å². The Hall–Kier alpha value is -1.66. The summed E-state index contributed by atoms with van der Waals surface area (Å²) < 4.78 is 2.13. The van der Waals surface area contributed by atoms with Gasteiger partial charge in [-0.3, -0.25) is 4.79 Å². The van der Waals surface area contributed by atoms with E-state index in [-0.39, 0.29) is 28.3 Å². The van der Waals surface area contributed by atoms with E-state index < -0.39 is 0 Å². The van der Waals surface area contributed by atoms with Crippen LogP contribution in [-0.2, 0) is 11.3 Å². The predicted octanol–water partition coefficient (Wildman–Crippen LogP) is 5.44. The Morgan fingerprint density at radius 1 is 1.20 bits per heavy atom. The molecule has 1 aromatic carbocycles. The summed E-state index contributed by atoms with van der Waals surface area (Å²) >= 11 is 1.57. The molecule has 6 rings (SSSR count). The zero-order chi connectivity index (χ0) is 20.0. The van der Waals surface area contributed by atoms with Crippen molar-refractivity contribution < 1.29 is 4.79 Å². The summed E-state index contributed by atoms with van der Waals surface area (Å²) in [5.41, 5.74) is 6.31. The lowest BCUT2D eigenvalue weighted by molar-refractivity contribution is -0.146. The van der Waals surface area contributed by atoms with Crippen LogP contribution in [0.4, 0.5) is 0 Å². The first-order valence-electron chi connectivity index (χ1n) is 10.8. The Bertz CT molecular complexity index is 969. The summed E-state index contributed by atoms with van der Waals surface area (Å²) in [6.45, 7) is 6.66. The van der Waals surface area contributed by atoms with Crippen molar-refractivity contribution in [2.24, 2.45) is 28.3 Å². The molecule has 2 aromatic rings. The molecule has 160 valence electrons. The van der Waals surface area contributed by atoms with Crippen LogP contribution in [0.2, 0.25) is 0 Å². The predicted molar refractivity (Wildman–Crippen MR) is 127 cm³/mol. The molecule has 1 N–H and O–H groups in total. The van der Waals surface area contributed by atoms with Crippen LogP contribution in [0.15, 0.2) is 47.4 Å². The highest BCUT2D eigenvalue weighted by Gasteiger charge is 2.54. The fraction of sp³-hybridized carbons (Fsp3) is 0.500. The molecule has 30 heavy (non-hydrogen) atoms. The van der Waals surface area contributed by atoms with Crippen LogP contribution in [0.1, 0.15) is 44.1 Å². The number of aryl methyl sites for hydroxylation is 1.